The van der Waals surface area contributed by atoms with E-state index in [1.807, 2.05) is 26.0 Å². The summed E-state index contributed by atoms with van der Waals surface area (Å²) in [6.45, 7) is 7.27. The lowest BCUT2D eigenvalue weighted by molar-refractivity contribution is 0.687. The van der Waals surface area contributed by atoms with E-state index in [1.54, 1.807) is 20.0 Å². The van der Waals surface area contributed by atoms with E-state index in [0.29, 0.717) is 16.3 Å². The van der Waals surface area contributed by atoms with Crippen LogP contribution in [0.15, 0.2) is 39.4 Å². The zero-order chi connectivity index (χ0) is 12.7. The quantitative estimate of drug-likeness (QED) is 0.446. The van der Waals surface area contributed by atoms with E-state index in [4.69, 9.17) is 10.9 Å². The molecule has 5 heteroatoms. The lowest BCUT2D eigenvalue weighted by atomic mass is 10.2. The first-order valence-electron chi connectivity index (χ1n) is 4.87. The van der Waals surface area contributed by atoms with Crippen molar-refractivity contribution in [3.8, 4) is 0 Å². The number of hydrogen-bond donors (Lipinski definition) is 2. The highest BCUT2D eigenvalue weighted by molar-refractivity contribution is 7.86. The van der Waals surface area contributed by atoms with Gasteiger partial charge in [-0.05, 0) is 33.3 Å². The van der Waals surface area contributed by atoms with Crippen molar-refractivity contribution < 1.29 is 4.21 Å². The van der Waals surface area contributed by atoms with E-state index in [2.05, 4.69) is 4.99 Å². The summed E-state index contributed by atoms with van der Waals surface area (Å²) in [6.07, 6.45) is 5.50. The molecule has 0 radical (unpaired) electrons. The van der Waals surface area contributed by atoms with Gasteiger partial charge in [0.15, 0.2) is 0 Å². The van der Waals surface area contributed by atoms with Gasteiger partial charge in [0.2, 0.25) is 0 Å². The van der Waals surface area contributed by atoms with Crippen molar-refractivity contribution in [1.29, 1.82) is 0 Å². The van der Waals surface area contributed by atoms with E-state index in [9.17, 15) is 4.21 Å². The molecule has 4 N–H and O–H groups in total. The number of nitrogens with zero attached hydrogens (tertiary/aromatic N) is 1. The Morgan fingerprint density at radius 1 is 1.31 bits per heavy atom. The maximum Gasteiger partial charge on any atom is 0.127 e. The van der Waals surface area contributed by atoms with Crippen molar-refractivity contribution in [2.45, 2.75) is 27.7 Å². The Balaban J connectivity index is 5.01. The Bertz CT molecular complexity index is 392. The highest BCUT2D eigenvalue weighted by Crippen LogP contribution is 2.06. The first kappa shape index (κ1) is 14.8. The van der Waals surface area contributed by atoms with Gasteiger partial charge in [-0.15, -0.1) is 0 Å². The van der Waals surface area contributed by atoms with E-state index >= 15 is 0 Å². The van der Waals surface area contributed by atoms with Crippen molar-refractivity contribution in [2.75, 3.05) is 0 Å². The highest BCUT2D eigenvalue weighted by Gasteiger charge is 2.04. The van der Waals surface area contributed by atoms with Gasteiger partial charge in [0.05, 0.1) is 0 Å². The summed E-state index contributed by atoms with van der Waals surface area (Å²) < 4.78 is 11.0. The molecule has 0 aromatic carbocycles. The number of amidine groups is 1. The summed E-state index contributed by atoms with van der Waals surface area (Å²) in [4.78, 5) is 4.62. The Hall–Kier alpha value is -1.20. The minimum atomic E-state index is -1.49. The number of aliphatic imine (C=N–C) groups is 1. The first-order chi connectivity index (χ1) is 7.40. The molecule has 0 aliphatic carbocycles. The lowest BCUT2D eigenvalue weighted by Crippen LogP contribution is -2.17. The van der Waals surface area contributed by atoms with Crippen LogP contribution in [0.25, 0.3) is 0 Å². The van der Waals surface area contributed by atoms with Crippen molar-refractivity contribution in [2.24, 2.45) is 15.9 Å². The summed E-state index contributed by atoms with van der Waals surface area (Å²) in [5.74, 6) is 0.333. The second-order valence-electron chi connectivity index (χ2n) is 3.37. The predicted octanol–water partition coefficient (Wildman–Crippen LogP) is 1.74. The number of allylic oxidation sites excluding steroid dienone is 4. The normalized spacial score (nSPS) is 17.6. The summed E-state index contributed by atoms with van der Waals surface area (Å²) in [5, 5.41) is 5.26. The Kier molecular flexibility index (Phi) is 6.60. The van der Waals surface area contributed by atoms with Gasteiger partial charge in [-0.1, -0.05) is 12.2 Å². The van der Waals surface area contributed by atoms with E-state index in [-0.39, 0.29) is 0 Å². The van der Waals surface area contributed by atoms with Crippen molar-refractivity contribution in [3.63, 3.8) is 0 Å². The monoisotopic (exact) mass is 241 g/mol. The van der Waals surface area contributed by atoms with Crippen LogP contribution in [0, 0.1) is 0 Å². The summed E-state index contributed by atoms with van der Waals surface area (Å²) in [5.41, 5.74) is 7.38. The van der Waals surface area contributed by atoms with Crippen LogP contribution in [-0.4, -0.2) is 10.0 Å². The maximum atomic E-state index is 11.0. The Morgan fingerprint density at radius 2 is 1.88 bits per heavy atom. The van der Waals surface area contributed by atoms with Gasteiger partial charge < -0.3 is 5.73 Å². The fourth-order valence-electron chi connectivity index (χ4n) is 0.905. The molecule has 0 heterocycles. The van der Waals surface area contributed by atoms with E-state index in [1.165, 1.54) is 0 Å². The molecule has 0 rings (SSSR count). The molecule has 0 saturated heterocycles. The van der Waals surface area contributed by atoms with Gasteiger partial charge >= 0.3 is 0 Å². The van der Waals surface area contributed by atoms with Gasteiger partial charge in [-0.25, -0.2) is 14.3 Å². The molecule has 90 valence electrons. The predicted molar refractivity (Wildman–Crippen MR) is 70.9 cm³/mol. The van der Waals surface area contributed by atoms with Crippen molar-refractivity contribution >= 4 is 16.8 Å². The topological polar surface area (TPSA) is 81.5 Å². The molecule has 0 spiro atoms. The number of hydrogen-bond acceptors (Lipinski definition) is 2. The van der Waals surface area contributed by atoms with Crippen LogP contribution in [0.5, 0.6) is 0 Å². The van der Waals surface area contributed by atoms with Crippen LogP contribution in [-0.2, 0) is 11.0 Å². The summed E-state index contributed by atoms with van der Waals surface area (Å²) >= 11 is 0. The third kappa shape index (κ3) is 5.04. The Labute approximate surface area is 99.4 Å². The highest BCUT2D eigenvalue weighted by atomic mass is 32.2. The minimum absolute atomic E-state index is 0.333. The molecule has 0 aliphatic heterocycles. The Morgan fingerprint density at radius 3 is 2.31 bits per heavy atom. The molecule has 0 aromatic rings. The van der Waals surface area contributed by atoms with Crippen molar-refractivity contribution in [3.05, 3.63) is 34.4 Å². The van der Waals surface area contributed by atoms with Crippen LogP contribution in [0.1, 0.15) is 27.7 Å². The van der Waals surface area contributed by atoms with Gasteiger partial charge in [-0.3, -0.25) is 0 Å². The lowest BCUT2D eigenvalue weighted by Gasteiger charge is -2.03. The molecular weight excluding hydrogens is 222 g/mol. The third-order valence-corrected chi connectivity index (χ3v) is 2.96. The molecule has 16 heavy (non-hydrogen) atoms. The summed E-state index contributed by atoms with van der Waals surface area (Å²) in [7, 11) is -1.49. The summed E-state index contributed by atoms with van der Waals surface area (Å²) in [6, 6.07) is 0. The van der Waals surface area contributed by atoms with E-state index < -0.39 is 11.0 Å². The maximum absolute atomic E-state index is 11.0. The SMILES string of the molecule is C/C=C/C(C)=C\N=C(N)/C(C)=C(\C)S(N)=O. The van der Waals surface area contributed by atoms with Crippen molar-refractivity contribution in [1.82, 2.24) is 0 Å². The second kappa shape index (κ2) is 7.14. The van der Waals surface area contributed by atoms with Crippen LogP contribution in [0.4, 0.5) is 0 Å². The van der Waals surface area contributed by atoms with Gasteiger partial charge in [0.25, 0.3) is 0 Å². The van der Waals surface area contributed by atoms with Gasteiger partial charge in [0, 0.05) is 16.7 Å². The molecule has 1 atom stereocenters. The molecular formula is C11H19N3OS. The van der Waals surface area contributed by atoms with E-state index in [0.717, 1.165) is 5.57 Å². The molecule has 0 bridgehead atoms. The molecule has 1 unspecified atom stereocenters. The standard InChI is InChI=1S/C11H19N3OS/c1-5-6-8(2)7-14-11(12)9(3)10(4)16(13)15/h5-7H,13H2,1-4H3,(H2,12,14)/b6-5+,8-7-,10-9+. The second-order valence-corrected chi connectivity index (χ2v) is 4.57. The van der Waals surface area contributed by atoms with Gasteiger partial charge in [-0.2, -0.15) is 0 Å². The molecule has 0 fully saturated rings. The van der Waals surface area contributed by atoms with Crippen LogP contribution in [0.3, 0.4) is 0 Å². The average molecular weight is 241 g/mol. The molecule has 0 saturated carbocycles. The average Bonchev–Trinajstić information content (AvgIpc) is 2.24. The van der Waals surface area contributed by atoms with Crippen LogP contribution >= 0.6 is 0 Å². The smallest absolute Gasteiger partial charge is 0.127 e. The zero-order valence-electron chi connectivity index (χ0n) is 10.2. The molecule has 0 aromatic heterocycles. The minimum Gasteiger partial charge on any atom is -0.383 e. The number of rotatable bonds is 4. The van der Waals surface area contributed by atoms with Crippen LogP contribution in [0.2, 0.25) is 0 Å². The number of nitrogens with two attached hydrogens (primary N) is 2. The fourth-order valence-corrected chi connectivity index (χ4v) is 1.31. The first-order valence-corrected chi connectivity index (χ1v) is 6.08. The van der Waals surface area contributed by atoms with Gasteiger partial charge in [0.1, 0.15) is 16.8 Å². The third-order valence-electron chi connectivity index (χ3n) is 2.05. The largest absolute Gasteiger partial charge is 0.383 e. The molecule has 0 aliphatic rings. The fraction of sp³-hybridized carbons (Fsp3) is 0.364. The molecule has 4 nitrogen and oxygen atoms in total. The zero-order valence-corrected chi connectivity index (χ0v) is 11.0. The van der Waals surface area contributed by atoms with Crippen LogP contribution < -0.4 is 10.9 Å². The molecule has 0 amide bonds.